The number of nitro benzene ring substituents is 1. The van der Waals surface area contributed by atoms with Crippen molar-refractivity contribution in [2.24, 2.45) is 5.92 Å². The van der Waals surface area contributed by atoms with E-state index in [1.807, 2.05) is 6.07 Å². The Morgan fingerprint density at radius 2 is 1.82 bits per heavy atom. The lowest BCUT2D eigenvalue weighted by Crippen LogP contribution is -2.41. The van der Waals surface area contributed by atoms with Crippen LogP contribution < -0.4 is 10.1 Å². The SMILES string of the molecule is O=C(Nc1ccc(Cl)cn1)C1CCN(C(=O)c2cc([N+](=O)[O-])ccc2Oc2ccccc2)CC1. The van der Waals surface area contributed by atoms with Crippen LogP contribution in [0, 0.1) is 16.0 Å². The van der Waals surface area contributed by atoms with Gasteiger partial charge in [0.1, 0.15) is 17.3 Å². The van der Waals surface area contributed by atoms with Crippen molar-refractivity contribution in [3.63, 3.8) is 0 Å². The molecule has 2 amide bonds. The molecule has 1 fully saturated rings. The molecule has 3 aromatic rings. The van der Waals surface area contributed by atoms with E-state index in [2.05, 4.69) is 10.3 Å². The molecule has 0 aliphatic carbocycles. The number of nitrogens with one attached hydrogen (secondary N) is 1. The third-order valence-electron chi connectivity index (χ3n) is 5.51. The molecule has 0 atom stereocenters. The fourth-order valence-electron chi connectivity index (χ4n) is 3.70. The van der Waals surface area contributed by atoms with E-state index in [-0.39, 0.29) is 34.7 Å². The highest BCUT2D eigenvalue weighted by Gasteiger charge is 2.30. The predicted octanol–water partition coefficient (Wildman–Crippen LogP) is 4.93. The summed E-state index contributed by atoms with van der Waals surface area (Å²) >= 11 is 5.82. The molecule has 0 saturated carbocycles. The number of nitro groups is 1. The number of ether oxygens (including phenoxy) is 1. The summed E-state index contributed by atoms with van der Waals surface area (Å²) in [5.41, 5.74) is -0.0974. The number of benzene rings is 2. The number of hydrogen-bond acceptors (Lipinski definition) is 6. The Balaban J connectivity index is 1.45. The summed E-state index contributed by atoms with van der Waals surface area (Å²) in [6.45, 7) is 0.664. The number of piperidine rings is 1. The van der Waals surface area contributed by atoms with E-state index in [4.69, 9.17) is 16.3 Å². The number of hydrogen-bond donors (Lipinski definition) is 1. The van der Waals surface area contributed by atoms with Gasteiger partial charge in [-0.15, -0.1) is 0 Å². The Labute approximate surface area is 200 Å². The molecule has 2 aromatic carbocycles. The van der Waals surface area contributed by atoms with Gasteiger partial charge in [0.25, 0.3) is 11.6 Å². The highest BCUT2D eigenvalue weighted by molar-refractivity contribution is 6.30. The average molecular weight is 481 g/mol. The third kappa shape index (κ3) is 5.49. The maximum atomic E-state index is 13.3. The highest BCUT2D eigenvalue weighted by atomic mass is 35.5. The molecule has 1 aromatic heterocycles. The monoisotopic (exact) mass is 480 g/mol. The second-order valence-corrected chi connectivity index (χ2v) is 8.21. The normalized spacial score (nSPS) is 13.9. The van der Waals surface area contributed by atoms with Crippen molar-refractivity contribution in [1.82, 2.24) is 9.88 Å². The first-order valence-corrected chi connectivity index (χ1v) is 11.0. The number of aromatic nitrogens is 1. The lowest BCUT2D eigenvalue weighted by Gasteiger charge is -2.31. The van der Waals surface area contributed by atoms with Crippen molar-refractivity contribution in [3.8, 4) is 11.5 Å². The first kappa shape index (κ1) is 23.2. The number of rotatable bonds is 6. The van der Waals surface area contributed by atoms with E-state index >= 15 is 0 Å². The van der Waals surface area contributed by atoms with Gasteiger partial charge in [0, 0.05) is 37.3 Å². The smallest absolute Gasteiger partial charge is 0.270 e. The van der Waals surface area contributed by atoms with Crippen LogP contribution in [0.2, 0.25) is 5.02 Å². The standard InChI is InChI=1S/C24H21ClN4O5/c25-17-6-9-22(26-15-17)27-23(30)16-10-12-28(13-11-16)24(31)20-14-18(29(32)33)7-8-21(20)34-19-4-2-1-3-5-19/h1-9,14-16H,10-13H2,(H,26,27,30). The van der Waals surface area contributed by atoms with E-state index in [0.717, 1.165) is 0 Å². The number of likely N-dealkylation sites (tertiary alicyclic amines) is 1. The van der Waals surface area contributed by atoms with Gasteiger partial charge in [-0.3, -0.25) is 19.7 Å². The molecule has 10 heteroatoms. The summed E-state index contributed by atoms with van der Waals surface area (Å²) in [5, 5.41) is 14.5. The number of amides is 2. The van der Waals surface area contributed by atoms with Gasteiger partial charge in [-0.2, -0.15) is 0 Å². The van der Waals surface area contributed by atoms with Crippen molar-refractivity contribution in [3.05, 3.63) is 87.6 Å². The Bertz CT molecular complexity index is 1200. The first-order valence-electron chi connectivity index (χ1n) is 10.6. The van der Waals surface area contributed by atoms with Gasteiger partial charge >= 0.3 is 0 Å². The number of pyridine rings is 1. The molecule has 2 heterocycles. The third-order valence-corrected chi connectivity index (χ3v) is 5.73. The molecule has 0 spiro atoms. The van der Waals surface area contributed by atoms with Crippen molar-refractivity contribution >= 4 is 34.9 Å². The predicted molar refractivity (Wildman–Crippen MR) is 126 cm³/mol. The maximum absolute atomic E-state index is 13.3. The minimum absolute atomic E-state index is 0.103. The van der Waals surface area contributed by atoms with Gasteiger partial charge in [-0.25, -0.2) is 4.98 Å². The summed E-state index contributed by atoms with van der Waals surface area (Å²) in [6.07, 6.45) is 2.36. The molecule has 0 bridgehead atoms. The second-order valence-electron chi connectivity index (χ2n) is 7.77. The van der Waals surface area contributed by atoms with Crippen LogP contribution in [0.5, 0.6) is 11.5 Å². The summed E-state index contributed by atoms with van der Waals surface area (Å²) < 4.78 is 5.84. The van der Waals surface area contributed by atoms with Crippen LogP contribution in [0.3, 0.4) is 0 Å². The van der Waals surface area contributed by atoms with Crippen LogP contribution in [0.25, 0.3) is 0 Å². The topological polar surface area (TPSA) is 115 Å². The molecule has 0 unspecified atom stereocenters. The Kier molecular flexibility index (Phi) is 7.03. The Morgan fingerprint density at radius 3 is 2.47 bits per heavy atom. The van der Waals surface area contributed by atoms with Crippen molar-refractivity contribution in [2.45, 2.75) is 12.8 Å². The minimum Gasteiger partial charge on any atom is -0.457 e. The quantitative estimate of drug-likeness (QED) is 0.395. The summed E-state index contributed by atoms with van der Waals surface area (Å²) in [6, 6.07) is 16.1. The summed E-state index contributed by atoms with van der Waals surface area (Å²) in [5.74, 6) is 0.309. The van der Waals surface area contributed by atoms with Gasteiger partial charge in [0.15, 0.2) is 0 Å². The molecule has 1 aliphatic heterocycles. The van der Waals surface area contributed by atoms with Crippen LogP contribution in [0.1, 0.15) is 23.2 Å². The van der Waals surface area contributed by atoms with E-state index in [1.165, 1.54) is 24.4 Å². The molecular formula is C24H21ClN4O5. The summed E-state index contributed by atoms with van der Waals surface area (Å²) in [7, 11) is 0. The average Bonchev–Trinajstić information content (AvgIpc) is 2.86. The van der Waals surface area contributed by atoms with Gasteiger partial charge < -0.3 is 15.0 Å². The highest BCUT2D eigenvalue weighted by Crippen LogP contribution is 2.31. The molecule has 1 aliphatic rings. The maximum Gasteiger partial charge on any atom is 0.270 e. The number of carbonyl (C=O) groups is 2. The summed E-state index contributed by atoms with van der Waals surface area (Å²) in [4.78, 5) is 42.3. The lowest BCUT2D eigenvalue weighted by atomic mass is 9.95. The second kappa shape index (κ2) is 10.3. The largest absolute Gasteiger partial charge is 0.457 e. The van der Waals surface area contributed by atoms with E-state index < -0.39 is 4.92 Å². The first-order chi connectivity index (χ1) is 16.4. The van der Waals surface area contributed by atoms with Crippen LogP contribution in [-0.2, 0) is 4.79 Å². The molecule has 9 nitrogen and oxygen atoms in total. The number of anilines is 1. The molecule has 34 heavy (non-hydrogen) atoms. The fraction of sp³-hybridized carbons (Fsp3) is 0.208. The Morgan fingerprint density at radius 1 is 1.09 bits per heavy atom. The number of nitrogens with zero attached hydrogens (tertiary/aromatic N) is 3. The number of non-ortho nitro benzene ring substituents is 1. The van der Waals surface area contributed by atoms with Crippen LogP contribution in [0.15, 0.2) is 66.9 Å². The van der Waals surface area contributed by atoms with Gasteiger partial charge in [-0.1, -0.05) is 29.8 Å². The van der Waals surface area contributed by atoms with Gasteiger partial charge in [-0.05, 0) is 43.2 Å². The lowest BCUT2D eigenvalue weighted by molar-refractivity contribution is -0.384. The van der Waals surface area contributed by atoms with Crippen molar-refractivity contribution in [2.75, 3.05) is 18.4 Å². The zero-order chi connectivity index (χ0) is 24.1. The molecule has 0 radical (unpaired) electrons. The molecule has 1 saturated heterocycles. The molecular weight excluding hydrogens is 460 g/mol. The zero-order valence-electron chi connectivity index (χ0n) is 18.0. The number of halogens is 1. The zero-order valence-corrected chi connectivity index (χ0v) is 18.8. The number of carbonyl (C=O) groups excluding carboxylic acids is 2. The fourth-order valence-corrected chi connectivity index (χ4v) is 3.81. The van der Waals surface area contributed by atoms with Gasteiger partial charge in [0.05, 0.1) is 15.5 Å². The Hall–Kier alpha value is -3.98. The van der Waals surface area contributed by atoms with Crippen molar-refractivity contribution < 1.29 is 19.2 Å². The molecule has 174 valence electrons. The van der Waals surface area contributed by atoms with Crippen LogP contribution >= 0.6 is 11.6 Å². The number of para-hydroxylation sites is 1. The van der Waals surface area contributed by atoms with Gasteiger partial charge in [0.2, 0.25) is 5.91 Å². The van der Waals surface area contributed by atoms with E-state index in [1.54, 1.807) is 41.3 Å². The van der Waals surface area contributed by atoms with E-state index in [9.17, 15) is 19.7 Å². The van der Waals surface area contributed by atoms with Crippen molar-refractivity contribution in [1.29, 1.82) is 0 Å². The minimum atomic E-state index is -0.551. The van der Waals surface area contributed by atoms with Crippen LogP contribution in [0.4, 0.5) is 11.5 Å². The van der Waals surface area contributed by atoms with Crippen LogP contribution in [-0.4, -0.2) is 39.7 Å². The van der Waals surface area contributed by atoms with E-state index in [0.29, 0.717) is 42.5 Å². The molecule has 4 rings (SSSR count). The molecule has 1 N–H and O–H groups in total.